The molecule has 1 aromatic carbocycles. The molecule has 0 spiro atoms. The lowest BCUT2D eigenvalue weighted by Crippen LogP contribution is -2.01. The van der Waals surface area contributed by atoms with E-state index >= 15 is 0 Å². The van der Waals surface area contributed by atoms with Crippen molar-refractivity contribution in [2.45, 2.75) is 13.5 Å². The standard InChI is InChI=1S/C11H14N2O/c1-2-14-11-6-10-8(3-4-13-10)5-9(11)7-12/h3-6,13H,2,7,12H2,1H3. The Morgan fingerprint density at radius 2 is 2.29 bits per heavy atom. The fourth-order valence-corrected chi connectivity index (χ4v) is 1.58. The second-order valence-corrected chi connectivity index (χ2v) is 3.16. The highest BCUT2D eigenvalue weighted by atomic mass is 16.5. The number of hydrogen-bond donors (Lipinski definition) is 2. The molecule has 0 fully saturated rings. The highest BCUT2D eigenvalue weighted by molar-refractivity contribution is 5.82. The SMILES string of the molecule is CCOc1cc2[nH]ccc2cc1CN. The molecule has 0 bridgehead atoms. The Bertz CT molecular complexity index is 434. The van der Waals surface area contributed by atoms with Gasteiger partial charge in [-0.3, -0.25) is 0 Å². The quantitative estimate of drug-likeness (QED) is 0.778. The van der Waals surface area contributed by atoms with Crippen molar-refractivity contribution in [1.82, 2.24) is 4.98 Å². The summed E-state index contributed by atoms with van der Waals surface area (Å²) in [4.78, 5) is 3.15. The molecule has 3 N–H and O–H groups in total. The summed E-state index contributed by atoms with van der Waals surface area (Å²) < 4.78 is 5.51. The number of fused-ring (bicyclic) bond motifs is 1. The molecule has 14 heavy (non-hydrogen) atoms. The smallest absolute Gasteiger partial charge is 0.125 e. The van der Waals surface area contributed by atoms with Gasteiger partial charge in [-0.15, -0.1) is 0 Å². The summed E-state index contributed by atoms with van der Waals surface area (Å²) in [6.07, 6.45) is 1.92. The Hall–Kier alpha value is -1.48. The van der Waals surface area contributed by atoms with Crippen molar-refractivity contribution in [2.24, 2.45) is 5.73 Å². The Kier molecular flexibility index (Phi) is 2.41. The van der Waals surface area contributed by atoms with E-state index in [9.17, 15) is 0 Å². The zero-order chi connectivity index (χ0) is 9.97. The highest BCUT2D eigenvalue weighted by Gasteiger charge is 2.04. The summed E-state index contributed by atoms with van der Waals surface area (Å²) in [6.45, 7) is 3.15. The number of nitrogens with two attached hydrogens (primary N) is 1. The monoisotopic (exact) mass is 190 g/mol. The van der Waals surface area contributed by atoms with Gasteiger partial charge < -0.3 is 15.5 Å². The van der Waals surface area contributed by atoms with Crippen molar-refractivity contribution < 1.29 is 4.74 Å². The summed E-state index contributed by atoms with van der Waals surface area (Å²) in [5.41, 5.74) is 7.79. The fourth-order valence-electron chi connectivity index (χ4n) is 1.58. The minimum atomic E-state index is 0.510. The van der Waals surface area contributed by atoms with Crippen LogP contribution >= 0.6 is 0 Å². The molecule has 0 unspecified atom stereocenters. The first kappa shape index (κ1) is 9.09. The summed E-state index contributed by atoms with van der Waals surface area (Å²) >= 11 is 0. The molecule has 3 nitrogen and oxygen atoms in total. The van der Waals surface area contributed by atoms with Gasteiger partial charge in [0.25, 0.3) is 0 Å². The van der Waals surface area contributed by atoms with Gasteiger partial charge in [0.1, 0.15) is 5.75 Å². The molecule has 0 amide bonds. The molecule has 0 atom stereocenters. The zero-order valence-electron chi connectivity index (χ0n) is 8.21. The van der Waals surface area contributed by atoms with E-state index in [2.05, 4.69) is 11.1 Å². The third-order valence-corrected chi connectivity index (χ3v) is 2.25. The van der Waals surface area contributed by atoms with Crippen molar-refractivity contribution in [3.05, 3.63) is 30.0 Å². The maximum atomic E-state index is 5.65. The van der Waals surface area contributed by atoms with E-state index in [0.29, 0.717) is 13.2 Å². The fraction of sp³-hybridized carbons (Fsp3) is 0.273. The minimum Gasteiger partial charge on any atom is -0.493 e. The van der Waals surface area contributed by atoms with Gasteiger partial charge in [-0.1, -0.05) is 0 Å². The molecular weight excluding hydrogens is 176 g/mol. The molecule has 0 radical (unpaired) electrons. The third-order valence-electron chi connectivity index (χ3n) is 2.25. The Morgan fingerprint density at radius 3 is 3.00 bits per heavy atom. The van der Waals surface area contributed by atoms with E-state index in [0.717, 1.165) is 16.8 Å². The molecule has 0 aliphatic rings. The van der Waals surface area contributed by atoms with E-state index in [1.807, 2.05) is 25.3 Å². The maximum absolute atomic E-state index is 5.65. The van der Waals surface area contributed by atoms with Crippen molar-refractivity contribution in [1.29, 1.82) is 0 Å². The lowest BCUT2D eigenvalue weighted by atomic mass is 10.1. The molecule has 0 aliphatic heterocycles. The number of hydrogen-bond acceptors (Lipinski definition) is 2. The van der Waals surface area contributed by atoms with Crippen LogP contribution in [0.5, 0.6) is 5.75 Å². The van der Waals surface area contributed by atoms with Gasteiger partial charge in [-0.2, -0.15) is 0 Å². The number of benzene rings is 1. The van der Waals surface area contributed by atoms with E-state index in [1.165, 1.54) is 5.39 Å². The van der Waals surface area contributed by atoms with Crippen LogP contribution in [0.25, 0.3) is 10.9 Å². The zero-order valence-corrected chi connectivity index (χ0v) is 8.21. The molecule has 1 heterocycles. The molecule has 2 aromatic rings. The topological polar surface area (TPSA) is 51.0 Å². The summed E-state index contributed by atoms with van der Waals surface area (Å²) in [7, 11) is 0. The van der Waals surface area contributed by atoms with Crippen LogP contribution in [-0.4, -0.2) is 11.6 Å². The number of nitrogens with one attached hydrogen (secondary N) is 1. The van der Waals surface area contributed by atoms with Gasteiger partial charge in [0.05, 0.1) is 6.61 Å². The van der Waals surface area contributed by atoms with Crippen LogP contribution in [-0.2, 0) is 6.54 Å². The van der Waals surface area contributed by atoms with Crippen LogP contribution in [0.2, 0.25) is 0 Å². The first-order valence-corrected chi connectivity index (χ1v) is 4.78. The van der Waals surface area contributed by atoms with E-state index in [4.69, 9.17) is 10.5 Å². The number of aromatic nitrogens is 1. The molecule has 74 valence electrons. The van der Waals surface area contributed by atoms with Gasteiger partial charge in [-0.25, -0.2) is 0 Å². The van der Waals surface area contributed by atoms with E-state index in [-0.39, 0.29) is 0 Å². The van der Waals surface area contributed by atoms with Crippen LogP contribution in [0.15, 0.2) is 24.4 Å². The average Bonchev–Trinajstić information content (AvgIpc) is 2.64. The van der Waals surface area contributed by atoms with Gasteiger partial charge in [0, 0.05) is 29.9 Å². The second-order valence-electron chi connectivity index (χ2n) is 3.16. The van der Waals surface area contributed by atoms with Crippen LogP contribution < -0.4 is 10.5 Å². The summed E-state index contributed by atoms with van der Waals surface area (Å²) in [5, 5.41) is 1.17. The van der Waals surface area contributed by atoms with Crippen LogP contribution in [0, 0.1) is 0 Å². The first-order chi connectivity index (χ1) is 6.85. The first-order valence-electron chi connectivity index (χ1n) is 4.78. The van der Waals surface area contributed by atoms with Gasteiger partial charge in [0.15, 0.2) is 0 Å². The number of H-pyrrole nitrogens is 1. The lowest BCUT2D eigenvalue weighted by Gasteiger charge is -2.08. The molecule has 0 saturated carbocycles. The Balaban J connectivity index is 2.54. The van der Waals surface area contributed by atoms with Crippen LogP contribution in [0.3, 0.4) is 0 Å². The highest BCUT2D eigenvalue weighted by Crippen LogP contribution is 2.24. The second kappa shape index (κ2) is 3.72. The Labute approximate surface area is 82.9 Å². The van der Waals surface area contributed by atoms with Crippen LogP contribution in [0.1, 0.15) is 12.5 Å². The van der Waals surface area contributed by atoms with Gasteiger partial charge in [0.2, 0.25) is 0 Å². The van der Waals surface area contributed by atoms with Crippen molar-refractivity contribution in [3.63, 3.8) is 0 Å². The molecule has 3 heteroatoms. The Morgan fingerprint density at radius 1 is 1.43 bits per heavy atom. The van der Waals surface area contributed by atoms with Crippen LogP contribution in [0.4, 0.5) is 0 Å². The maximum Gasteiger partial charge on any atom is 0.125 e. The minimum absolute atomic E-state index is 0.510. The largest absolute Gasteiger partial charge is 0.493 e. The van der Waals surface area contributed by atoms with Crippen molar-refractivity contribution in [2.75, 3.05) is 6.61 Å². The average molecular weight is 190 g/mol. The van der Waals surface area contributed by atoms with E-state index < -0.39 is 0 Å². The number of ether oxygens (including phenoxy) is 1. The predicted molar refractivity (Wildman–Crippen MR) is 57.4 cm³/mol. The predicted octanol–water partition coefficient (Wildman–Crippen LogP) is 2.03. The normalized spacial score (nSPS) is 10.7. The van der Waals surface area contributed by atoms with Gasteiger partial charge >= 0.3 is 0 Å². The molecule has 0 saturated heterocycles. The van der Waals surface area contributed by atoms with E-state index in [1.54, 1.807) is 0 Å². The molecule has 1 aromatic heterocycles. The van der Waals surface area contributed by atoms with Crippen molar-refractivity contribution >= 4 is 10.9 Å². The molecule has 2 rings (SSSR count). The summed E-state index contributed by atoms with van der Waals surface area (Å²) in [5.74, 6) is 0.880. The summed E-state index contributed by atoms with van der Waals surface area (Å²) in [6, 6.07) is 6.10. The number of aromatic amines is 1. The lowest BCUT2D eigenvalue weighted by molar-refractivity contribution is 0.337. The number of rotatable bonds is 3. The van der Waals surface area contributed by atoms with Gasteiger partial charge in [-0.05, 0) is 24.4 Å². The molecular formula is C11H14N2O. The third kappa shape index (κ3) is 1.46. The molecule has 0 aliphatic carbocycles. The van der Waals surface area contributed by atoms with Crippen molar-refractivity contribution in [3.8, 4) is 5.75 Å².